The summed E-state index contributed by atoms with van der Waals surface area (Å²) in [5.41, 5.74) is 4.90. The normalized spacial score (nSPS) is 18.2. The first-order valence-electron chi connectivity index (χ1n) is 12.0. The maximum absolute atomic E-state index is 13.5. The van der Waals surface area contributed by atoms with Crippen molar-refractivity contribution in [1.82, 2.24) is 14.8 Å². The molecule has 7 nitrogen and oxygen atoms in total. The van der Waals surface area contributed by atoms with Gasteiger partial charge in [-0.05, 0) is 76.0 Å². The second kappa shape index (κ2) is 10.5. The lowest BCUT2D eigenvalue weighted by Gasteiger charge is -2.32. The molecule has 1 aliphatic rings. The van der Waals surface area contributed by atoms with Crippen LogP contribution in [0.25, 0.3) is 5.69 Å². The Balaban J connectivity index is 1.57. The Morgan fingerprint density at radius 3 is 2.44 bits per heavy atom. The van der Waals surface area contributed by atoms with Gasteiger partial charge in [-0.2, -0.15) is 0 Å². The maximum atomic E-state index is 13.5. The molecule has 1 fully saturated rings. The topological polar surface area (TPSA) is 88.3 Å². The van der Waals surface area contributed by atoms with E-state index in [-0.39, 0.29) is 29.2 Å². The van der Waals surface area contributed by atoms with Crippen LogP contribution in [0, 0.1) is 11.8 Å². The molecular formula is C26H32N4O3S. The third kappa shape index (κ3) is 5.38. The summed E-state index contributed by atoms with van der Waals surface area (Å²) in [5.74, 6) is -0.333. The van der Waals surface area contributed by atoms with E-state index < -0.39 is 5.97 Å². The Morgan fingerprint density at radius 1 is 1.15 bits per heavy atom. The standard InChI is InChI=1S/C26H32N4O3S/c1-17(2)30(25(31)20-9-4-18(3)5-10-20)24-23(26(32)33)14-29(28-24)22-12-7-19(8-13-22)6-11-21-15-34-16-27-21/h7-8,12-18,20H,4-6,9-11H2,1-3H3,(H,32,33)/t18-,20-. The number of aromatic nitrogens is 3. The van der Waals surface area contributed by atoms with Crippen LogP contribution in [0.15, 0.2) is 41.4 Å². The molecule has 0 radical (unpaired) electrons. The number of benzene rings is 1. The van der Waals surface area contributed by atoms with Gasteiger partial charge < -0.3 is 5.11 Å². The number of nitrogens with zero attached hydrogens (tertiary/aromatic N) is 4. The predicted molar refractivity (Wildman–Crippen MR) is 134 cm³/mol. The summed E-state index contributed by atoms with van der Waals surface area (Å²) in [5, 5.41) is 16.6. The van der Waals surface area contributed by atoms with Gasteiger partial charge in [-0.15, -0.1) is 16.4 Å². The fourth-order valence-electron chi connectivity index (χ4n) is 4.58. The Morgan fingerprint density at radius 2 is 1.85 bits per heavy atom. The average Bonchev–Trinajstić information content (AvgIpc) is 3.49. The first-order valence-corrected chi connectivity index (χ1v) is 12.9. The van der Waals surface area contributed by atoms with Gasteiger partial charge in [0.25, 0.3) is 0 Å². The predicted octanol–water partition coefficient (Wildman–Crippen LogP) is 5.38. The number of carboxylic acids is 1. The summed E-state index contributed by atoms with van der Waals surface area (Å²) in [6, 6.07) is 7.73. The molecule has 8 heteroatoms. The summed E-state index contributed by atoms with van der Waals surface area (Å²) >= 11 is 1.60. The van der Waals surface area contributed by atoms with Crippen LogP contribution < -0.4 is 4.90 Å². The number of carbonyl (C=O) groups is 2. The molecule has 1 amide bonds. The van der Waals surface area contributed by atoms with Crippen LogP contribution in [-0.2, 0) is 17.6 Å². The van der Waals surface area contributed by atoms with E-state index in [1.807, 2.05) is 43.6 Å². The molecular weight excluding hydrogens is 448 g/mol. The van der Waals surface area contributed by atoms with Crippen molar-refractivity contribution >= 4 is 29.0 Å². The Hall–Kier alpha value is -3.00. The second-order valence-electron chi connectivity index (χ2n) is 9.52. The first kappa shape index (κ1) is 24.1. The average molecular weight is 481 g/mol. The highest BCUT2D eigenvalue weighted by atomic mass is 32.1. The van der Waals surface area contributed by atoms with Crippen LogP contribution in [0.1, 0.15) is 68.1 Å². The molecule has 34 heavy (non-hydrogen) atoms. The van der Waals surface area contributed by atoms with Gasteiger partial charge in [-0.25, -0.2) is 14.5 Å². The number of carbonyl (C=O) groups excluding carboxylic acids is 1. The van der Waals surface area contributed by atoms with Crippen molar-refractivity contribution in [3.05, 3.63) is 58.2 Å². The summed E-state index contributed by atoms with van der Waals surface area (Å²) in [6.45, 7) is 6.03. The minimum atomic E-state index is -1.09. The van der Waals surface area contributed by atoms with Gasteiger partial charge >= 0.3 is 5.97 Å². The molecule has 2 heterocycles. The van der Waals surface area contributed by atoms with E-state index in [1.54, 1.807) is 20.9 Å². The molecule has 2 aromatic heterocycles. The number of carboxylic acid groups (broad SMARTS) is 1. The lowest BCUT2D eigenvalue weighted by molar-refractivity contribution is -0.123. The van der Waals surface area contributed by atoms with E-state index in [0.717, 1.165) is 49.9 Å². The van der Waals surface area contributed by atoms with Crippen molar-refractivity contribution in [3.63, 3.8) is 0 Å². The van der Waals surface area contributed by atoms with E-state index in [0.29, 0.717) is 5.92 Å². The van der Waals surface area contributed by atoms with Gasteiger partial charge in [0.1, 0.15) is 5.56 Å². The smallest absolute Gasteiger partial charge is 0.341 e. The number of anilines is 1. The largest absolute Gasteiger partial charge is 0.477 e. The SMILES string of the molecule is CC(C)N(c1nn(-c2ccc(CCc3cscn3)cc2)cc1C(=O)O)C(=O)[C@H]1CC[C@H](C)CC1. The van der Waals surface area contributed by atoms with Crippen molar-refractivity contribution < 1.29 is 14.7 Å². The van der Waals surface area contributed by atoms with E-state index in [2.05, 4.69) is 22.4 Å². The van der Waals surface area contributed by atoms with Crippen molar-refractivity contribution in [2.75, 3.05) is 4.90 Å². The monoisotopic (exact) mass is 480 g/mol. The number of hydrogen-bond acceptors (Lipinski definition) is 5. The molecule has 0 unspecified atom stereocenters. The van der Waals surface area contributed by atoms with Crippen LogP contribution in [0.4, 0.5) is 5.82 Å². The minimum absolute atomic E-state index is 0.0213. The maximum Gasteiger partial charge on any atom is 0.341 e. The Bertz CT molecular complexity index is 1110. The minimum Gasteiger partial charge on any atom is -0.477 e. The Labute approximate surface area is 204 Å². The first-order chi connectivity index (χ1) is 16.3. The number of thiazole rings is 1. The third-order valence-corrected chi connectivity index (χ3v) is 7.26. The number of amides is 1. The summed E-state index contributed by atoms with van der Waals surface area (Å²) in [7, 11) is 0. The molecule has 180 valence electrons. The van der Waals surface area contributed by atoms with E-state index in [4.69, 9.17) is 0 Å². The molecule has 1 saturated carbocycles. The lowest BCUT2D eigenvalue weighted by atomic mass is 9.82. The quantitative estimate of drug-likeness (QED) is 0.468. The zero-order valence-electron chi connectivity index (χ0n) is 20.0. The number of aromatic carboxylic acids is 1. The van der Waals surface area contributed by atoms with Crippen molar-refractivity contribution in [2.24, 2.45) is 11.8 Å². The van der Waals surface area contributed by atoms with Crippen LogP contribution in [0.5, 0.6) is 0 Å². The zero-order chi connectivity index (χ0) is 24.2. The fraction of sp³-hybridized carbons (Fsp3) is 0.462. The molecule has 1 N–H and O–H groups in total. The summed E-state index contributed by atoms with van der Waals surface area (Å²) in [6.07, 6.45) is 7.00. The van der Waals surface area contributed by atoms with Gasteiger partial charge in [-0.3, -0.25) is 9.69 Å². The highest BCUT2D eigenvalue weighted by Crippen LogP contribution is 2.32. The van der Waals surface area contributed by atoms with Crippen LogP contribution >= 0.6 is 11.3 Å². The number of aryl methyl sites for hydroxylation is 2. The van der Waals surface area contributed by atoms with Gasteiger partial charge in [0, 0.05) is 23.5 Å². The van der Waals surface area contributed by atoms with Crippen molar-refractivity contribution in [2.45, 2.75) is 65.3 Å². The molecule has 1 aromatic carbocycles. The van der Waals surface area contributed by atoms with Gasteiger partial charge in [-0.1, -0.05) is 19.1 Å². The molecule has 3 aromatic rings. The van der Waals surface area contributed by atoms with Crippen molar-refractivity contribution in [3.8, 4) is 5.69 Å². The Kier molecular flexibility index (Phi) is 7.46. The van der Waals surface area contributed by atoms with Crippen molar-refractivity contribution in [1.29, 1.82) is 0 Å². The number of rotatable bonds is 8. The molecule has 0 spiro atoms. The molecule has 0 saturated heterocycles. The van der Waals surface area contributed by atoms with Gasteiger partial charge in [0.2, 0.25) is 5.91 Å². The van der Waals surface area contributed by atoms with Gasteiger partial charge in [0.05, 0.1) is 16.9 Å². The molecule has 0 atom stereocenters. The number of hydrogen-bond donors (Lipinski definition) is 1. The van der Waals surface area contributed by atoms with E-state index >= 15 is 0 Å². The molecule has 4 rings (SSSR count). The highest BCUT2D eigenvalue weighted by Gasteiger charge is 2.34. The second-order valence-corrected chi connectivity index (χ2v) is 10.2. The van der Waals surface area contributed by atoms with E-state index in [9.17, 15) is 14.7 Å². The molecule has 0 aliphatic heterocycles. The van der Waals surface area contributed by atoms with Crippen LogP contribution in [0.3, 0.4) is 0 Å². The molecule has 1 aliphatic carbocycles. The van der Waals surface area contributed by atoms with Gasteiger partial charge in [0.15, 0.2) is 5.82 Å². The summed E-state index contributed by atoms with van der Waals surface area (Å²) < 4.78 is 1.56. The van der Waals surface area contributed by atoms with E-state index in [1.165, 1.54) is 11.8 Å². The molecule has 0 bridgehead atoms. The third-order valence-electron chi connectivity index (χ3n) is 6.63. The summed E-state index contributed by atoms with van der Waals surface area (Å²) in [4.78, 5) is 31.5. The fourth-order valence-corrected chi connectivity index (χ4v) is 5.17. The lowest BCUT2D eigenvalue weighted by Crippen LogP contribution is -2.43. The van der Waals surface area contributed by atoms with Crippen LogP contribution in [-0.4, -0.2) is 37.8 Å². The zero-order valence-corrected chi connectivity index (χ0v) is 20.8. The highest BCUT2D eigenvalue weighted by molar-refractivity contribution is 7.07. The van der Waals surface area contributed by atoms with Crippen LogP contribution in [0.2, 0.25) is 0 Å².